The van der Waals surface area contributed by atoms with Crippen molar-refractivity contribution in [3.63, 3.8) is 0 Å². The van der Waals surface area contributed by atoms with Crippen molar-refractivity contribution in [2.45, 2.75) is 45.1 Å². The highest BCUT2D eigenvalue weighted by Crippen LogP contribution is 2.10. The van der Waals surface area contributed by atoms with Crippen LogP contribution >= 0.6 is 0 Å². The molecule has 0 saturated carbocycles. The third-order valence-corrected chi connectivity index (χ3v) is 3.71. The largest absolute Gasteiger partial charge is 0.467 e. The van der Waals surface area contributed by atoms with Gasteiger partial charge in [-0.05, 0) is 31.4 Å². The smallest absolute Gasteiger partial charge is 0.317 e. The number of nitrogens with one attached hydrogen (secondary N) is 1. The molecule has 0 aliphatic carbocycles. The first kappa shape index (κ1) is 15.9. The van der Waals surface area contributed by atoms with Gasteiger partial charge in [0.05, 0.1) is 6.26 Å². The molecule has 1 fully saturated rings. The summed E-state index contributed by atoms with van der Waals surface area (Å²) in [5.74, 6) is 0.833. The quantitative estimate of drug-likeness (QED) is 0.820. The van der Waals surface area contributed by atoms with Crippen LogP contribution < -0.4 is 5.32 Å². The van der Waals surface area contributed by atoms with E-state index in [1.807, 2.05) is 17.0 Å². The van der Waals surface area contributed by atoms with Crippen LogP contribution in [0.25, 0.3) is 0 Å². The fourth-order valence-electron chi connectivity index (χ4n) is 2.50. The van der Waals surface area contributed by atoms with E-state index in [2.05, 4.69) is 5.32 Å². The van der Waals surface area contributed by atoms with Crippen molar-refractivity contribution in [3.05, 3.63) is 24.2 Å². The second-order valence-electron chi connectivity index (χ2n) is 5.47. The fraction of sp³-hybridized carbons (Fsp3) is 0.688. The summed E-state index contributed by atoms with van der Waals surface area (Å²) in [5, 5.41) is 2.98. The number of urea groups is 1. The summed E-state index contributed by atoms with van der Waals surface area (Å²) in [7, 11) is 0. The molecule has 0 atom stereocenters. The zero-order chi connectivity index (χ0) is 14.8. The Morgan fingerprint density at radius 2 is 2.00 bits per heavy atom. The zero-order valence-corrected chi connectivity index (χ0v) is 12.7. The number of furan rings is 1. The van der Waals surface area contributed by atoms with Crippen molar-refractivity contribution in [3.8, 4) is 0 Å². The van der Waals surface area contributed by atoms with Crippen LogP contribution in [0.3, 0.4) is 0 Å². The third-order valence-electron chi connectivity index (χ3n) is 3.71. The van der Waals surface area contributed by atoms with Gasteiger partial charge in [-0.1, -0.05) is 19.3 Å². The molecule has 1 N–H and O–H groups in total. The van der Waals surface area contributed by atoms with Crippen LogP contribution in [0.1, 0.15) is 44.3 Å². The van der Waals surface area contributed by atoms with Crippen molar-refractivity contribution >= 4 is 6.03 Å². The first-order chi connectivity index (χ1) is 10.4. The second-order valence-corrected chi connectivity index (χ2v) is 5.47. The molecule has 2 amide bonds. The van der Waals surface area contributed by atoms with E-state index in [1.165, 1.54) is 19.3 Å². The lowest BCUT2D eigenvalue weighted by Gasteiger charge is -2.25. The molecule has 0 spiro atoms. The number of amides is 2. The number of likely N-dealkylation sites (tertiary alicyclic amines) is 1. The lowest BCUT2D eigenvalue weighted by molar-refractivity contribution is 0.104. The van der Waals surface area contributed by atoms with E-state index >= 15 is 0 Å². The van der Waals surface area contributed by atoms with Crippen molar-refractivity contribution < 1.29 is 13.9 Å². The third kappa shape index (κ3) is 6.21. The fourth-order valence-corrected chi connectivity index (χ4v) is 2.50. The van der Waals surface area contributed by atoms with E-state index in [0.717, 1.165) is 38.1 Å². The Morgan fingerprint density at radius 1 is 1.24 bits per heavy atom. The molecular formula is C16H26N2O3. The summed E-state index contributed by atoms with van der Waals surface area (Å²) in [5.41, 5.74) is 0. The summed E-state index contributed by atoms with van der Waals surface area (Å²) in [4.78, 5) is 14.0. The molecule has 1 aromatic rings. The summed E-state index contributed by atoms with van der Waals surface area (Å²) in [6, 6.07) is 3.81. The molecule has 1 aromatic heterocycles. The van der Waals surface area contributed by atoms with Gasteiger partial charge in [0.1, 0.15) is 12.4 Å². The topological polar surface area (TPSA) is 54.7 Å². The average molecular weight is 294 g/mol. The van der Waals surface area contributed by atoms with Crippen LogP contribution in [0.15, 0.2) is 22.8 Å². The Balaban J connectivity index is 1.51. The normalized spacial score (nSPS) is 16.3. The predicted molar refractivity (Wildman–Crippen MR) is 81.0 cm³/mol. The van der Waals surface area contributed by atoms with Gasteiger partial charge < -0.3 is 19.4 Å². The molecule has 21 heavy (non-hydrogen) atoms. The minimum atomic E-state index is 0.0722. The molecule has 0 aromatic carbocycles. The van der Waals surface area contributed by atoms with Gasteiger partial charge in [-0.15, -0.1) is 0 Å². The summed E-state index contributed by atoms with van der Waals surface area (Å²) in [6.07, 6.45) is 8.50. The van der Waals surface area contributed by atoms with Gasteiger partial charge in [-0.2, -0.15) is 0 Å². The van der Waals surface area contributed by atoms with Crippen molar-refractivity contribution in [1.29, 1.82) is 0 Å². The molecule has 5 nitrogen and oxygen atoms in total. The van der Waals surface area contributed by atoms with Gasteiger partial charge >= 0.3 is 6.03 Å². The monoisotopic (exact) mass is 294 g/mol. The molecule has 0 bridgehead atoms. The standard InChI is InChI=1S/C16H26N2O3/c19-16(18-10-4-2-1-3-5-11-18)17-9-7-12-20-14-15-8-6-13-21-15/h6,8,13H,1-5,7,9-12,14H2,(H,17,19). The van der Waals surface area contributed by atoms with Crippen molar-refractivity contribution in [2.75, 3.05) is 26.2 Å². The minimum Gasteiger partial charge on any atom is -0.467 e. The Morgan fingerprint density at radius 3 is 2.71 bits per heavy atom. The van der Waals surface area contributed by atoms with Gasteiger partial charge in [-0.3, -0.25) is 0 Å². The van der Waals surface area contributed by atoms with Gasteiger partial charge in [-0.25, -0.2) is 4.79 Å². The molecular weight excluding hydrogens is 268 g/mol. The molecule has 5 heteroatoms. The maximum absolute atomic E-state index is 12.0. The van der Waals surface area contributed by atoms with E-state index in [-0.39, 0.29) is 6.03 Å². The van der Waals surface area contributed by atoms with Gasteiger partial charge in [0, 0.05) is 26.2 Å². The number of ether oxygens (including phenoxy) is 1. The number of hydrogen-bond donors (Lipinski definition) is 1. The molecule has 118 valence electrons. The molecule has 0 radical (unpaired) electrons. The molecule has 1 saturated heterocycles. The van der Waals surface area contributed by atoms with Crippen molar-refractivity contribution in [1.82, 2.24) is 10.2 Å². The predicted octanol–water partition coefficient (Wildman–Crippen LogP) is 3.16. The highest BCUT2D eigenvalue weighted by molar-refractivity contribution is 5.74. The van der Waals surface area contributed by atoms with Crippen LogP contribution in [0.4, 0.5) is 4.79 Å². The molecule has 1 aliphatic rings. The molecule has 2 heterocycles. The average Bonchev–Trinajstić information content (AvgIpc) is 2.95. The van der Waals surface area contributed by atoms with E-state index in [4.69, 9.17) is 9.15 Å². The summed E-state index contributed by atoms with van der Waals surface area (Å²) in [6.45, 7) is 3.56. The number of nitrogens with zero attached hydrogens (tertiary/aromatic N) is 1. The van der Waals surface area contributed by atoms with E-state index in [9.17, 15) is 4.79 Å². The lowest BCUT2D eigenvalue weighted by atomic mass is 10.1. The summed E-state index contributed by atoms with van der Waals surface area (Å²) >= 11 is 0. The van der Waals surface area contributed by atoms with Crippen LogP contribution in [-0.4, -0.2) is 37.2 Å². The number of hydrogen-bond acceptors (Lipinski definition) is 3. The van der Waals surface area contributed by atoms with Gasteiger partial charge in [0.2, 0.25) is 0 Å². The van der Waals surface area contributed by atoms with E-state index in [1.54, 1.807) is 6.26 Å². The zero-order valence-electron chi connectivity index (χ0n) is 12.7. The Bertz CT molecular complexity index is 384. The maximum atomic E-state index is 12.0. The highest BCUT2D eigenvalue weighted by atomic mass is 16.5. The van der Waals surface area contributed by atoms with Crippen LogP contribution in [0, 0.1) is 0 Å². The van der Waals surface area contributed by atoms with Crippen LogP contribution in [0.5, 0.6) is 0 Å². The first-order valence-corrected chi connectivity index (χ1v) is 7.99. The highest BCUT2D eigenvalue weighted by Gasteiger charge is 2.13. The van der Waals surface area contributed by atoms with Gasteiger partial charge in [0.25, 0.3) is 0 Å². The Kier molecular flexibility index (Phi) is 7.15. The second kappa shape index (κ2) is 9.45. The lowest BCUT2D eigenvalue weighted by Crippen LogP contribution is -2.42. The Labute approximate surface area is 126 Å². The SMILES string of the molecule is O=C(NCCCOCc1ccco1)N1CCCCCCC1. The van der Waals surface area contributed by atoms with Crippen LogP contribution in [0.2, 0.25) is 0 Å². The molecule has 1 aliphatic heterocycles. The first-order valence-electron chi connectivity index (χ1n) is 7.99. The molecule has 2 rings (SSSR count). The van der Waals surface area contributed by atoms with E-state index < -0.39 is 0 Å². The van der Waals surface area contributed by atoms with Gasteiger partial charge in [0.15, 0.2) is 0 Å². The number of carbonyl (C=O) groups is 1. The minimum absolute atomic E-state index is 0.0722. The number of carbonyl (C=O) groups excluding carboxylic acids is 1. The van der Waals surface area contributed by atoms with Crippen molar-refractivity contribution in [2.24, 2.45) is 0 Å². The van der Waals surface area contributed by atoms with E-state index in [0.29, 0.717) is 19.8 Å². The maximum Gasteiger partial charge on any atom is 0.317 e. The number of rotatable bonds is 6. The molecule has 0 unspecified atom stereocenters. The summed E-state index contributed by atoms with van der Waals surface area (Å²) < 4.78 is 10.7. The van der Waals surface area contributed by atoms with Crippen LogP contribution in [-0.2, 0) is 11.3 Å². The Hall–Kier alpha value is -1.49.